The molecule has 114 valence electrons. The lowest BCUT2D eigenvalue weighted by Gasteiger charge is -2.33. The van der Waals surface area contributed by atoms with E-state index in [2.05, 4.69) is 26.0 Å². The minimum Gasteiger partial charge on any atom is -0.491 e. The summed E-state index contributed by atoms with van der Waals surface area (Å²) < 4.78 is 1.70. The second-order valence-electron chi connectivity index (χ2n) is 5.36. The van der Waals surface area contributed by atoms with Gasteiger partial charge in [-0.15, -0.1) is 6.42 Å². The molecular weight excluding hydrogens is 278 g/mol. The number of rotatable bonds is 4. The Labute approximate surface area is 130 Å². The van der Waals surface area contributed by atoms with Gasteiger partial charge in [-0.2, -0.15) is 0 Å². The molecule has 0 amide bonds. The summed E-state index contributed by atoms with van der Waals surface area (Å²) in [4.78, 5) is 4.54. The van der Waals surface area contributed by atoms with E-state index in [1.165, 1.54) is 0 Å². The van der Waals surface area contributed by atoms with Crippen molar-refractivity contribution < 1.29 is 5.11 Å². The fourth-order valence-corrected chi connectivity index (χ4v) is 2.65. The van der Waals surface area contributed by atoms with E-state index in [0.29, 0.717) is 13.1 Å². The molecule has 0 spiro atoms. The van der Waals surface area contributed by atoms with Gasteiger partial charge < -0.3 is 5.11 Å². The predicted octanol–water partition coefficient (Wildman–Crippen LogP) is 0.724. The van der Waals surface area contributed by atoms with Crippen molar-refractivity contribution in [2.24, 2.45) is 0 Å². The minimum atomic E-state index is -0.00472. The highest BCUT2D eigenvalue weighted by molar-refractivity contribution is 5.34. The van der Waals surface area contributed by atoms with Crippen molar-refractivity contribution in [2.45, 2.75) is 6.54 Å². The molecule has 1 N–H and O–H groups in total. The zero-order chi connectivity index (χ0) is 15.4. The molecule has 1 aromatic heterocycles. The maximum atomic E-state index is 10.0. The van der Waals surface area contributed by atoms with Crippen LogP contribution in [0.2, 0.25) is 0 Å². The molecule has 0 saturated carbocycles. The summed E-state index contributed by atoms with van der Waals surface area (Å²) in [5, 5.41) is 17.9. The molecule has 1 fully saturated rings. The fraction of sp³-hybridized carbons (Fsp3) is 0.375. The van der Waals surface area contributed by atoms with Gasteiger partial charge in [0.1, 0.15) is 5.69 Å². The van der Waals surface area contributed by atoms with Crippen molar-refractivity contribution in [3.05, 3.63) is 36.0 Å². The van der Waals surface area contributed by atoms with E-state index >= 15 is 0 Å². The summed E-state index contributed by atoms with van der Waals surface area (Å²) in [5.74, 6) is 2.68. The quantitative estimate of drug-likeness (QED) is 0.843. The van der Waals surface area contributed by atoms with Crippen molar-refractivity contribution in [3.63, 3.8) is 0 Å². The monoisotopic (exact) mass is 297 g/mol. The van der Waals surface area contributed by atoms with Gasteiger partial charge >= 0.3 is 0 Å². The van der Waals surface area contributed by atoms with Crippen molar-refractivity contribution >= 4 is 0 Å². The number of nitrogens with zero attached hydrogens (tertiary/aromatic N) is 5. The van der Waals surface area contributed by atoms with Crippen LogP contribution in [-0.4, -0.2) is 62.6 Å². The summed E-state index contributed by atoms with van der Waals surface area (Å²) in [5.41, 5.74) is 1.62. The maximum absolute atomic E-state index is 10.0. The number of aromatic nitrogens is 3. The summed E-state index contributed by atoms with van der Waals surface area (Å²) in [6.45, 7) is 5.04. The molecule has 1 aromatic carbocycles. The van der Waals surface area contributed by atoms with Crippen molar-refractivity contribution in [1.29, 1.82) is 0 Å². The molecule has 0 unspecified atom stereocenters. The largest absolute Gasteiger partial charge is 0.491 e. The molecule has 22 heavy (non-hydrogen) atoms. The van der Waals surface area contributed by atoms with Crippen LogP contribution in [0, 0.1) is 12.3 Å². The lowest BCUT2D eigenvalue weighted by atomic mass is 10.2. The molecule has 3 rings (SSSR count). The topological polar surface area (TPSA) is 57.4 Å². The number of para-hydroxylation sites is 1. The molecule has 0 radical (unpaired) electrons. The molecule has 6 heteroatoms. The van der Waals surface area contributed by atoms with Gasteiger partial charge in [0.15, 0.2) is 0 Å². The summed E-state index contributed by atoms with van der Waals surface area (Å²) in [6.07, 6.45) is 5.35. The molecule has 1 aliphatic rings. The van der Waals surface area contributed by atoms with Gasteiger partial charge in [0.25, 0.3) is 5.88 Å². The minimum absolute atomic E-state index is 0.00472. The van der Waals surface area contributed by atoms with E-state index in [4.69, 9.17) is 6.42 Å². The van der Waals surface area contributed by atoms with Crippen molar-refractivity contribution in [1.82, 2.24) is 24.8 Å². The maximum Gasteiger partial charge on any atom is 0.256 e. The molecule has 2 aromatic rings. The van der Waals surface area contributed by atoms with Crippen LogP contribution in [0.1, 0.15) is 5.69 Å². The Morgan fingerprint density at radius 1 is 1.09 bits per heavy atom. The Balaban J connectivity index is 1.72. The molecule has 1 saturated heterocycles. The smallest absolute Gasteiger partial charge is 0.256 e. The molecular formula is C16H19N5O. The van der Waals surface area contributed by atoms with Crippen molar-refractivity contribution in [2.75, 3.05) is 32.7 Å². The van der Waals surface area contributed by atoms with Gasteiger partial charge in [-0.1, -0.05) is 34.4 Å². The Bertz CT molecular complexity index is 653. The molecule has 6 nitrogen and oxygen atoms in total. The van der Waals surface area contributed by atoms with Gasteiger partial charge in [-0.3, -0.25) is 9.80 Å². The number of benzene rings is 1. The normalized spacial score (nSPS) is 16.5. The third kappa shape index (κ3) is 3.11. The Kier molecular flexibility index (Phi) is 4.37. The Morgan fingerprint density at radius 3 is 2.45 bits per heavy atom. The van der Waals surface area contributed by atoms with E-state index in [0.717, 1.165) is 37.6 Å². The third-order valence-corrected chi connectivity index (χ3v) is 3.90. The van der Waals surface area contributed by atoms with E-state index in [-0.39, 0.29) is 5.88 Å². The van der Waals surface area contributed by atoms with Crippen molar-refractivity contribution in [3.8, 4) is 23.9 Å². The van der Waals surface area contributed by atoms with Crippen LogP contribution in [0.4, 0.5) is 0 Å². The van der Waals surface area contributed by atoms with E-state index in [9.17, 15) is 5.11 Å². The van der Waals surface area contributed by atoms with Gasteiger partial charge in [-0.05, 0) is 12.1 Å². The zero-order valence-corrected chi connectivity index (χ0v) is 12.4. The van der Waals surface area contributed by atoms with Crippen LogP contribution in [0.3, 0.4) is 0 Å². The summed E-state index contributed by atoms with van der Waals surface area (Å²) in [7, 11) is 0. The first-order valence-corrected chi connectivity index (χ1v) is 7.35. The lowest BCUT2D eigenvalue weighted by molar-refractivity contribution is 0.135. The van der Waals surface area contributed by atoms with Gasteiger partial charge in [0.2, 0.25) is 0 Å². The van der Waals surface area contributed by atoms with E-state index in [1.807, 2.05) is 30.3 Å². The number of aromatic hydroxyl groups is 1. The first-order valence-electron chi connectivity index (χ1n) is 7.35. The zero-order valence-electron chi connectivity index (χ0n) is 12.4. The summed E-state index contributed by atoms with van der Waals surface area (Å²) in [6, 6.07) is 9.72. The highest BCUT2D eigenvalue weighted by atomic mass is 16.3. The van der Waals surface area contributed by atoms with E-state index < -0.39 is 0 Å². The van der Waals surface area contributed by atoms with Crippen LogP contribution in [0.5, 0.6) is 5.88 Å². The number of hydrogen-bond acceptors (Lipinski definition) is 5. The van der Waals surface area contributed by atoms with Gasteiger partial charge in [0, 0.05) is 32.7 Å². The number of hydrogen-bond donors (Lipinski definition) is 1. The van der Waals surface area contributed by atoms with Gasteiger partial charge in [0.05, 0.1) is 12.2 Å². The number of terminal acetylenes is 1. The first kappa shape index (κ1) is 14.6. The average Bonchev–Trinajstić information content (AvgIpc) is 2.91. The first-order chi connectivity index (χ1) is 10.8. The second-order valence-corrected chi connectivity index (χ2v) is 5.36. The van der Waals surface area contributed by atoms with Crippen LogP contribution in [-0.2, 0) is 6.54 Å². The summed E-state index contributed by atoms with van der Waals surface area (Å²) >= 11 is 0. The Hall–Kier alpha value is -2.36. The fourth-order valence-electron chi connectivity index (χ4n) is 2.65. The lowest BCUT2D eigenvalue weighted by Crippen LogP contribution is -2.46. The molecule has 1 aliphatic heterocycles. The predicted molar refractivity (Wildman–Crippen MR) is 83.6 cm³/mol. The standard InChI is InChI=1S/C16H19N5O/c1-2-8-19-9-11-20(12-10-19)13-15-16(22)17-18-21(15)14-6-4-3-5-7-14/h1,3-7,22H,8-13H2. The Morgan fingerprint density at radius 2 is 1.77 bits per heavy atom. The molecule has 0 bridgehead atoms. The second kappa shape index (κ2) is 6.60. The van der Waals surface area contributed by atoms with Crippen LogP contribution in [0.25, 0.3) is 5.69 Å². The molecule has 0 atom stereocenters. The van der Waals surface area contributed by atoms with Crippen LogP contribution in [0.15, 0.2) is 30.3 Å². The third-order valence-electron chi connectivity index (χ3n) is 3.90. The van der Waals surface area contributed by atoms with Crippen LogP contribution < -0.4 is 0 Å². The average molecular weight is 297 g/mol. The highest BCUT2D eigenvalue weighted by Gasteiger charge is 2.21. The van der Waals surface area contributed by atoms with Gasteiger partial charge in [-0.25, -0.2) is 4.68 Å². The van der Waals surface area contributed by atoms with E-state index in [1.54, 1.807) is 4.68 Å². The van der Waals surface area contributed by atoms with Crippen LogP contribution >= 0.6 is 0 Å². The molecule has 2 heterocycles. The number of piperazine rings is 1. The molecule has 0 aliphatic carbocycles. The SMILES string of the molecule is C#CCN1CCN(Cc2c(O)nnn2-c2ccccc2)CC1. The highest BCUT2D eigenvalue weighted by Crippen LogP contribution is 2.20.